The molecule has 0 unspecified atom stereocenters. The second-order valence-electron chi connectivity index (χ2n) is 8.03. The highest BCUT2D eigenvalue weighted by Gasteiger charge is 2.25. The van der Waals surface area contributed by atoms with Crippen LogP contribution >= 0.6 is 11.3 Å². The molecule has 2 aliphatic rings. The van der Waals surface area contributed by atoms with Crippen molar-refractivity contribution in [1.29, 1.82) is 0 Å². The summed E-state index contributed by atoms with van der Waals surface area (Å²) in [7, 11) is 0. The lowest BCUT2D eigenvalue weighted by Gasteiger charge is -2.24. The maximum Gasteiger partial charge on any atom is 0.183 e. The Morgan fingerprint density at radius 2 is 1.93 bits per heavy atom. The fraction of sp³-hybridized carbons (Fsp3) is 0.545. The van der Waals surface area contributed by atoms with Crippen LogP contribution in [0.3, 0.4) is 0 Å². The van der Waals surface area contributed by atoms with Crippen molar-refractivity contribution in [2.24, 2.45) is 0 Å². The molecular weight excluding hydrogens is 380 g/mol. The Morgan fingerprint density at radius 1 is 1.00 bits per heavy atom. The Bertz CT molecular complexity index is 986. The van der Waals surface area contributed by atoms with E-state index in [1.165, 1.54) is 61.0 Å². The van der Waals surface area contributed by atoms with Gasteiger partial charge in [-0.25, -0.2) is 15.0 Å². The van der Waals surface area contributed by atoms with Crippen molar-refractivity contribution in [3.8, 4) is 11.5 Å². The number of thiophene rings is 1. The molecular formula is C22H28N6S. The lowest BCUT2D eigenvalue weighted by molar-refractivity contribution is 0.294. The van der Waals surface area contributed by atoms with E-state index >= 15 is 0 Å². The van der Waals surface area contributed by atoms with Crippen LogP contribution in [0.15, 0.2) is 18.6 Å². The molecule has 3 aromatic rings. The molecule has 4 heterocycles. The third-order valence-corrected chi connectivity index (χ3v) is 7.20. The lowest BCUT2D eigenvalue weighted by Crippen LogP contribution is -2.31. The quantitative estimate of drug-likeness (QED) is 0.651. The highest BCUT2D eigenvalue weighted by Crippen LogP contribution is 2.40. The largest absolute Gasteiger partial charge is 0.355 e. The Morgan fingerprint density at radius 3 is 2.79 bits per heavy atom. The first-order valence-corrected chi connectivity index (χ1v) is 11.7. The summed E-state index contributed by atoms with van der Waals surface area (Å²) in [6.45, 7) is 7.81. The summed E-state index contributed by atoms with van der Waals surface area (Å²) in [4.78, 5) is 26.5. The van der Waals surface area contributed by atoms with Gasteiger partial charge in [-0.2, -0.15) is 0 Å². The first-order valence-electron chi connectivity index (χ1n) is 10.9. The minimum atomic E-state index is 0.703. The van der Waals surface area contributed by atoms with Gasteiger partial charge in [-0.05, 0) is 57.2 Å². The maximum absolute atomic E-state index is 5.09. The summed E-state index contributed by atoms with van der Waals surface area (Å²) < 4.78 is 0. The Balaban J connectivity index is 1.61. The van der Waals surface area contributed by atoms with Gasteiger partial charge in [-0.3, -0.25) is 4.98 Å². The van der Waals surface area contributed by atoms with Crippen molar-refractivity contribution in [3.05, 3.63) is 29.0 Å². The smallest absolute Gasteiger partial charge is 0.183 e. The average Bonchev–Trinajstić information content (AvgIpc) is 2.98. The minimum absolute atomic E-state index is 0.703. The second-order valence-corrected chi connectivity index (χ2v) is 9.12. The predicted molar refractivity (Wildman–Crippen MR) is 119 cm³/mol. The SMILES string of the molecule is CCCN1CCCN(c2nc(-c3cnccn3)nc3sc4c(c23)CCCC4)CC1. The first kappa shape index (κ1) is 18.9. The number of aryl methyl sites for hydroxylation is 2. The van der Waals surface area contributed by atoms with Crippen LogP contribution in [-0.4, -0.2) is 57.6 Å². The van der Waals surface area contributed by atoms with Gasteiger partial charge in [0.15, 0.2) is 5.82 Å². The summed E-state index contributed by atoms with van der Waals surface area (Å²) >= 11 is 1.86. The molecule has 6 nitrogen and oxygen atoms in total. The Labute approximate surface area is 176 Å². The standard InChI is InChI=1S/C22H28N6S/c1-2-10-27-11-5-12-28(14-13-27)21-19-16-6-3-4-7-18(16)29-22(19)26-20(25-21)17-15-23-8-9-24-17/h8-9,15H,2-7,10-14H2,1H3. The fourth-order valence-electron chi connectivity index (χ4n) is 4.62. The van der Waals surface area contributed by atoms with Crippen LogP contribution in [0.4, 0.5) is 5.82 Å². The summed E-state index contributed by atoms with van der Waals surface area (Å²) in [5.41, 5.74) is 2.26. The van der Waals surface area contributed by atoms with Gasteiger partial charge in [0.25, 0.3) is 0 Å². The Kier molecular flexibility index (Phi) is 5.42. The van der Waals surface area contributed by atoms with Crippen molar-refractivity contribution in [3.63, 3.8) is 0 Å². The molecule has 0 bridgehead atoms. The van der Waals surface area contributed by atoms with Gasteiger partial charge in [0.2, 0.25) is 0 Å². The van der Waals surface area contributed by atoms with E-state index in [1.807, 2.05) is 11.3 Å². The molecule has 1 saturated heterocycles. The molecule has 5 rings (SSSR count). The number of fused-ring (bicyclic) bond motifs is 3. The summed E-state index contributed by atoms with van der Waals surface area (Å²) in [6, 6.07) is 0. The van der Waals surface area contributed by atoms with Gasteiger partial charge in [-0.1, -0.05) is 6.92 Å². The van der Waals surface area contributed by atoms with E-state index in [-0.39, 0.29) is 0 Å². The van der Waals surface area contributed by atoms with Crippen molar-refractivity contribution in [2.75, 3.05) is 37.6 Å². The minimum Gasteiger partial charge on any atom is -0.355 e. The molecule has 3 aromatic heterocycles. The molecule has 0 radical (unpaired) electrons. The van der Waals surface area contributed by atoms with E-state index in [1.54, 1.807) is 18.6 Å². The van der Waals surface area contributed by atoms with Crippen molar-refractivity contribution >= 4 is 27.4 Å². The van der Waals surface area contributed by atoms with Crippen LogP contribution in [0.2, 0.25) is 0 Å². The van der Waals surface area contributed by atoms with Gasteiger partial charge < -0.3 is 9.80 Å². The molecule has 1 aliphatic carbocycles. The monoisotopic (exact) mass is 408 g/mol. The molecule has 0 amide bonds. The molecule has 1 fully saturated rings. The van der Waals surface area contributed by atoms with Crippen LogP contribution in [0, 0.1) is 0 Å². The van der Waals surface area contributed by atoms with E-state index in [4.69, 9.17) is 9.97 Å². The van der Waals surface area contributed by atoms with E-state index in [9.17, 15) is 0 Å². The zero-order chi connectivity index (χ0) is 19.6. The first-order chi connectivity index (χ1) is 14.3. The Hall–Kier alpha value is -2.12. The van der Waals surface area contributed by atoms with Gasteiger partial charge in [-0.15, -0.1) is 11.3 Å². The molecule has 0 N–H and O–H groups in total. The van der Waals surface area contributed by atoms with Gasteiger partial charge in [0.05, 0.1) is 11.6 Å². The highest BCUT2D eigenvalue weighted by molar-refractivity contribution is 7.19. The van der Waals surface area contributed by atoms with Crippen LogP contribution in [0.1, 0.15) is 43.0 Å². The zero-order valence-electron chi connectivity index (χ0n) is 17.1. The van der Waals surface area contributed by atoms with E-state index < -0.39 is 0 Å². The molecule has 0 atom stereocenters. The maximum atomic E-state index is 5.09. The second kappa shape index (κ2) is 8.32. The number of anilines is 1. The molecule has 0 saturated carbocycles. The fourth-order valence-corrected chi connectivity index (χ4v) is 5.87. The van der Waals surface area contributed by atoms with Gasteiger partial charge >= 0.3 is 0 Å². The highest BCUT2D eigenvalue weighted by atomic mass is 32.1. The van der Waals surface area contributed by atoms with Gasteiger partial charge in [0.1, 0.15) is 16.3 Å². The average molecular weight is 409 g/mol. The van der Waals surface area contributed by atoms with E-state index in [2.05, 4.69) is 26.7 Å². The number of hydrogen-bond acceptors (Lipinski definition) is 7. The third kappa shape index (κ3) is 3.73. The number of rotatable bonds is 4. The predicted octanol–water partition coefficient (Wildman–Crippen LogP) is 3.95. The normalized spacial score (nSPS) is 18.0. The molecule has 0 aromatic carbocycles. The lowest BCUT2D eigenvalue weighted by atomic mass is 9.97. The van der Waals surface area contributed by atoms with Crippen LogP contribution in [0.5, 0.6) is 0 Å². The summed E-state index contributed by atoms with van der Waals surface area (Å²) in [5, 5.41) is 1.31. The number of nitrogens with zero attached hydrogens (tertiary/aromatic N) is 6. The molecule has 152 valence electrons. The number of hydrogen-bond donors (Lipinski definition) is 0. The van der Waals surface area contributed by atoms with Crippen LogP contribution in [0.25, 0.3) is 21.7 Å². The number of aromatic nitrogens is 4. The van der Waals surface area contributed by atoms with Crippen LogP contribution in [-0.2, 0) is 12.8 Å². The third-order valence-electron chi connectivity index (χ3n) is 6.02. The molecule has 29 heavy (non-hydrogen) atoms. The van der Waals surface area contributed by atoms with Crippen molar-refractivity contribution in [1.82, 2.24) is 24.8 Å². The summed E-state index contributed by atoms with van der Waals surface area (Å²) in [5.74, 6) is 1.82. The van der Waals surface area contributed by atoms with Crippen LogP contribution < -0.4 is 4.90 Å². The topological polar surface area (TPSA) is 58.0 Å². The summed E-state index contributed by atoms with van der Waals surface area (Å²) in [6.07, 6.45) is 12.5. The molecule has 1 aliphatic heterocycles. The van der Waals surface area contributed by atoms with E-state index in [0.29, 0.717) is 5.82 Å². The van der Waals surface area contributed by atoms with Gasteiger partial charge in [0, 0.05) is 36.9 Å². The van der Waals surface area contributed by atoms with Crippen molar-refractivity contribution in [2.45, 2.75) is 45.4 Å². The van der Waals surface area contributed by atoms with E-state index in [0.717, 1.165) is 42.4 Å². The zero-order valence-corrected chi connectivity index (χ0v) is 17.9. The molecule has 7 heteroatoms. The van der Waals surface area contributed by atoms with Crippen molar-refractivity contribution < 1.29 is 0 Å². The molecule has 0 spiro atoms.